The fourth-order valence-electron chi connectivity index (χ4n) is 1.42. The highest BCUT2D eigenvalue weighted by molar-refractivity contribution is 9.10. The number of esters is 2. The topological polar surface area (TPSA) is 81.7 Å². The summed E-state index contributed by atoms with van der Waals surface area (Å²) in [5.41, 5.74) is 1.62. The molecule has 0 atom stereocenters. The van der Waals surface area contributed by atoms with Crippen molar-refractivity contribution in [2.45, 2.75) is 13.8 Å². The highest BCUT2D eigenvalue weighted by atomic mass is 79.9. The van der Waals surface area contributed by atoms with E-state index < -0.39 is 24.5 Å². The summed E-state index contributed by atoms with van der Waals surface area (Å²) in [5, 5.41) is 2.60. The van der Waals surface area contributed by atoms with Crippen molar-refractivity contribution in [3.05, 3.63) is 40.4 Å². The van der Waals surface area contributed by atoms with Crippen molar-refractivity contribution >= 4 is 39.5 Å². The van der Waals surface area contributed by atoms with Crippen LogP contribution in [0.15, 0.2) is 34.8 Å². The Balaban J connectivity index is 2.42. The molecule has 1 rings (SSSR count). The van der Waals surface area contributed by atoms with E-state index >= 15 is 0 Å². The lowest BCUT2D eigenvalue weighted by molar-refractivity contribution is -0.143. The zero-order chi connectivity index (χ0) is 16.5. The molecule has 0 bridgehead atoms. The van der Waals surface area contributed by atoms with Crippen molar-refractivity contribution in [2.24, 2.45) is 0 Å². The molecule has 0 heterocycles. The van der Waals surface area contributed by atoms with Gasteiger partial charge in [-0.15, -0.1) is 0 Å². The van der Waals surface area contributed by atoms with Crippen LogP contribution in [0, 0.1) is 6.92 Å². The molecule has 0 radical (unpaired) electrons. The van der Waals surface area contributed by atoms with Crippen LogP contribution >= 0.6 is 15.9 Å². The van der Waals surface area contributed by atoms with E-state index in [1.54, 1.807) is 13.0 Å². The molecule has 1 amide bonds. The summed E-state index contributed by atoms with van der Waals surface area (Å²) in [6, 6.07) is 5.43. The lowest BCUT2D eigenvalue weighted by Crippen LogP contribution is -2.20. The normalized spacial score (nSPS) is 10.3. The third-order valence-corrected chi connectivity index (χ3v) is 3.04. The lowest BCUT2D eigenvalue weighted by atomic mass is 10.2. The molecule has 0 spiro atoms. The van der Waals surface area contributed by atoms with Gasteiger partial charge in [-0.25, -0.2) is 9.59 Å². The number of aryl methyl sites for hydroxylation is 1. The molecular formula is C15H16BrNO5. The number of rotatable bonds is 6. The monoisotopic (exact) mass is 369 g/mol. The van der Waals surface area contributed by atoms with Gasteiger partial charge in [-0.3, -0.25) is 4.79 Å². The Morgan fingerprint density at radius 1 is 1.18 bits per heavy atom. The van der Waals surface area contributed by atoms with Crippen molar-refractivity contribution in [3.63, 3.8) is 0 Å². The average Bonchev–Trinajstić information content (AvgIpc) is 2.46. The fourth-order valence-corrected chi connectivity index (χ4v) is 2.01. The minimum absolute atomic E-state index is 0.214. The maximum atomic E-state index is 11.7. The van der Waals surface area contributed by atoms with Gasteiger partial charge in [0.1, 0.15) is 0 Å². The van der Waals surface area contributed by atoms with E-state index in [0.717, 1.165) is 22.2 Å². The van der Waals surface area contributed by atoms with Crippen LogP contribution in [0.5, 0.6) is 0 Å². The van der Waals surface area contributed by atoms with E-state index in [1.165, 1.54) is 0 Å². The molecule has 0 aromatic heterocycles. The number of halogens is 1. The van der Waals surface area contributed by atoms with Crippen molar-refractivity contribution in [1.29, 1.82) is 0 Å². The van der Waals surface area contributed by atoms with E-state index in [1.807, 2.05) is 19.1 Å². The number of benzene rings is 1. The Bertz CT molecular complexity index is 598. The summed E-state index contributed by atoms with van der Waals surface area (Å²) >= 11 is 3.33. The molecular weight excluding hydrogens is 354 g/mol. The fraction of sp³-hybridized carbons (Fsp3) is 0.267. The minimum atomic E-state index is -0.800. The molecule has 7 heteroatoms. The molecule has 0 fully saturated rings. The first-order chi connectivity index (χ1) is 10.4. The Kier molecular flexibility index (Phi) is 7.31. The van der Waals surface area contributed by atoms with Gasteiger partial charge >= 0.3 is 11.9 Å². The second kappa shape index (κ2) is 8.99. The average molecular weight is 370 g/mol. The van der Waals surface area contributed by atoms with Crippen LogP contribution < -0.4 is 5.32 Å². The smallest absolute Gasteiger partial charge is 0.331 e. The molecule has 6 nitrogen and oxygen atoms in total. The standard InChI is InChI=1S/C15H16BrNO5/c1-3-21-14(19)6-7-15(20)22-9-13(18)17-12-5-4-10(2)8-11(12)16/h4-8H,3,9H2,1-2H3,(H,17,18)/b7-6+. The SMILES string of the molecule is CCOC(=O)/C=C/C(=O)OCC(=O)Nc1ccc(C)cc1Br. The summed E-state index contributed by atoms with van der Waals surface area (Å²) in [7, 11) is 0. The predicted molar refractivity (Wildman–Crippen MR) is 84.2 cm³/mol. The zero-order valence-electron chi connectivity index (χ0n) is 12.2. The van der Waals surface area contributed by atoms with Gasteiger partial charge in [0.15, 0.2) is 6.61 Å². The number of carbonyl (C=O) groups is 3. The highest BCUT2D eigenvalue weighted by Crippen LogP contribution is 2.23. The minimum Gasteiger partial charge on any atom is -0.463 e. The summed E-state index contributed by atoms with van der Waals surface area (Å²) in [4.78, 5) is 34.0. The Morgan fingerprint density at radius 3 is 2.41 bits per heavy atom. The molecule has 0 saturated carbocycles. The zero-order valence-corrected chi connectivity index (χ0v) is 13.8. The number of hydrogen-bond donors (Lipinski definition) is 1. The first-order valence-corrected chi connectivity index (χ1v) is 7.29. The molecule has 1 aromatic rings. The van der Waals surface area contributed by atoms with E-state index in [0.29, 0.717) is 5.69 Å². The Hall–Kier alpha value is -2.15. The molecule has 0 aliphatic rings. The summed E-state index contributed by atoms with van der Waals surface area (Å²) in [6.45, 7) is 3.34. The summed E-state index contributed by atoms with van der Waals surface area (Å²) < 4.78 is 10.0. The highest BCUT2D eigenvalue weighted by Gasteiger charge is 2.08. The maximum Gasteiger partial charge on any atom is 0.331 e. The van der Waals surface area contributed by atoms with Gasteiger partial charge in [-0.2, -0.15) is 0 Å². The predicted octanol–water partition coefficient (Wildman–Crippen LogP) is 2.36. The van der Waals surface area contributed by atoms with Crippen LogP contribution in [-0.2, 0) is 23.9 Å². The molecule has 1 aromatic carbocycles. The molecule has 0 aliphatic carbocycles. The third kappa shape index (κ3) is 6.53. The van der Waals surface area contributed by atoms with Crippen LogP contribution in [0.4, 0.5) is 5.69 Å². The van der Waals surface area contributed by atoms with Crippen molar-refractivity contribution in [1.82, 2.24) is 0 Å². The maximum absolute atomic E-state index is 11.7. The second-order valence-corrected chi connectivity index (χ2v) is 5.08. The summed E-state index contributed by atoms with van der Waals surface area (Å²) in [6.07, 6.45) is 1.85. The van der Waals surface area contributed by atoms with Crippen molar-refractivity contribution in [2.75, 3.05) is 18.5 Å². The van der Waals surface area contributed by atoms with E-state index in [4.69, 9.17) is 4.74 Å². The van der Waals surface area contributed by atoms with Gasteiger partial charge in [-0.1, -0.05) is 6.07 Å². The molecule has 118 valence electrons. The molecule has 0 saturated heterocycles. The van der Waals surface area contributed by atoms with E-state index in [-0.39, 0.29) is 6.61 Å². The van der Waals surface area contributed by atoms with E-state index in [9.17, 15) is 14.4 Å². The van der Waals surface area contributed by atoms with Crippen LogP contribution in [0.3, 0.4) is 0 Å². The van der Waals surface area contributed by atoms with Crippen LogP contribution in [-0.4, -0.2) is 31.1 Å². The first-order valence-electron chi connectivity index (χ1n) is 6.50. The van der Waals surface area contributed by atoms with Crippen LogP contribution in [0.1, 0.15) is 12.5 Å². The molecule has 0 unspecified atom stereocenters. The van der Waals surface area contributed by atoms with Gasteiger partial charge in [-0.05, 0) is 47.5 Å². The second-order valence-electron chi connectivity index (χ2n) is 4.22. The number of carbonyl (C=O) groups excluding carboxylic acids is 3. The van der Waals surface area contributed by atoms with Crippen LogP contribution in [0.2, 0.25) is 0 Å². The van der Waals surface area contributed by atoms with Gasteiger partial charge in [0, 0.05) is 16.6 Å². The lowest BCUT2D eigenvalue weighted by Gasteiger charge is -2.08. The number of ether oxygens (including phenoxy) is 2. The molecule has 22 heavy (non-hydrogen) atoms. The summed E-state index contributed by atoms with van der Waals surface area (Å²) in [5.74, 6) is -1.93. The van der Waals surface area contributed by atoms with Gasteiger partial charge in [0.25, 0.3) is 5.91 Å². The number of amides is 1. The Labute approximate surface area is 136 Å². The van der Waals surface area contributed by atoms with Gasteiger partial charge in [0.2, 0.25) is 0 Å². The van der Waals surface area contributed by atoms with Gasteiger partial charge in [0.05, 0.1) is 12.3 Å². The van der Waals surface area contributed by atoms with Crippen LogP contribution in [0.25, 0.3) is 0 Å². The van der Waals surface area contributed by atoms with Gasteiger partial charge < -0.3 is 14.8 Å². The number of nitrogens with one attached hydrogen (secondary N) is 1. The third-order valence-electron chi connectivity index (χ3n) is 2.39. The quantitative estimate of drug-likeness (QED) is 0.614. The number of anilines is 1. The molecule has 0 aliphatic heterocycles. The Morgan fingerprint density at radius 2 is 1.82 bits per heavy atom. The van der Waals surface area contributed by atoms with Crippen molar-refractivity contribution < 1.29 is 23.9 Å². The van der Waals surface area contributed by atoms with Crippen molar-refractivity contribution in [3.8, 4) is 0 Å². The van der Waals surface area contributed by atoms with E-state index in [2.05, 4.69) is 26.0 Å². The first kappa shape index (κ1) is 17.9. The largest absolute Gasteiger partial charge is 0.463 e. The number of hydrogen-bond acceptors (Lipinski definition) is 5. The molecule has 1 N–H and O–H groups in total.